The molecule has 2 aromatic rings. The maximum Gasteiger partial charge on any atom is 0.313 e. The average Bonchev–Trinajstić information content (AvgIpc) is 3.21. The van der Waals surface area contributed by atoms with E-state index in [0.29, 0.717) is 11.7 Å². The Morgan fingerprint density at radius 2 is 1.55 bits per heavy atom. The third kappa shape index (κ3) is 7.89. The molecule has 1 aliphatic rings. The number of ether oxygens (including phenoxy) is 2. The smallest absolute Gasteiger partial charge is 0.313 e. The van der Waals surface area contributed by atoms with Gasteiger partial charge in [-0.25, -0.2) is 0 Å². The normalized spacial score (nSPS) is 15.4. The van der Waals surface area contributed by atoms with E-state index in [1.165, 1.54) is 16.7 Å². The van der Waals surface area contributed by atoms with Crippen LogP contribution in [0, 0.1) is 11.3 Å². The van der Waals surface area contributed by atoms with Crippen molar-refractivity contribution in [3.05, 3.63) is 65.2 Å². The third-order valence-electron chi connectivity index (χ3n) is 6.62. The van der Waals surface area contributed by atoms with Gasteiger partial charge in [-0.3, -0.25) is 4.79 Å². The van der Waals surface area contributed by atoms with Crippen molar-refractivity contribution >= 4 is 5.97 Å². The molecule has 0 fully saturated rings. The fourth-order valence-electron chi connectivity index (χ4n) is 3.57. The highest BCUT2D eigenvalue weighted by molar-refractivity contribution is 5.75. The summed E-state index contributed by atoms with van der Waals surface area (Å²) in [6, 6.07) is 15.8. The highest BCUT2D eigenvalue weighted by atomic mass is 16.7. The zero-order valence-electron chi connectivity index (χ0n) is 21.4. The molecule has 0 aliphatic heterocycles. The van der Waals surface area contributed by atoms with Gasteiger partial charge in [0.2, 0.25) is 6.29 Å². The van der Waals surface area contributed by atoms with Gasteiger partial charge in [-0.05, 0) is 74.3 Å². The lowest BCUT2D eigenvalue weighted by molar-refractivity contribution is -0.208. The lowest BCUT2D eigenvalue weighted by atomic mass is 9.90. The quantitative estimate of drug-likeness (QED) is 0.343. The average molecular weight is 455 g/mol. The first-order valence-electron chi connectivity index (χ1n) is 12.3. The molecule has 2 atom stereocenters. The van der Waals surface area contributed by atoms with E-state index < -0.39 is 11.7 Å². The van der Waals surface area contributed by atoms with Crippen LogP contribution in [0.3, 0.4) is 0 Å². The largest absolute Gasteiger partial charge is 0.508 e. The number of rotatable bonds is 8. The van der Waals surface area contributed by atoms with Crippen LogP contribution in [0.5, 0.6) is 5.75 Å². The van der Waals surface area contributed by atoms with Gasteiger partial charge in [0, 0.05) is 5.92 Å². The van der Waals surface area contributed by atoms with E-state index in [4.69, 9.17) is 14.6 Å². The van der Waals surface area contributed by atoms with Crippen LogP contribution in [-0.2, 0) is 27.1 Å². The zero-order valence-corrected chi connectivity index (χ0v) is 21.4. The summed E-state index contributed by atoms with van der Waals surface area (Å²) in [4.78, 5) is 12.3. The predicted molar refractivity (Wildman–Crippen MR) is 134 cm³/mol. The maximum absolute atomic E-state index is 12.3. The number of aromatic hydroxyl groups is 1. The summed E-state index contributed by atoms with van der Waals surface area (Å²) in [5.41, 5.74) is 3.52. The zero-order chi connectivity index (χ0) is 24.6. The van der Waals surface area contributed by atoms with E-state index in [-0.39, 0.29) is 18.0 Å². The number of hydrogen-bond donors (Lipinski definition) is 1. The van der Waals surface area contributed by atoms with Crippen molar-refractivity contribution in [2.24, 2.45) is 11.3 Å². The van der Waals surface area contributed by atoms with Crippen molar-refractivity contribution in [1.29, 1.82) is 0 Å². The molecule has 2 unspecified atom stereocenters. The Labute approximate surface area is 200 Å². The molecule has 33 heavy (non-hydrogen) atoms. The van der Waals surface area contributed by atoms with Gasteiger partial charge in [0.05, 0.1) is 11.5 Å². The molecule has 4 heteroatoms. The summed E-state index contributed by atoms with van der Waals surface area (Å²) < 4.78 is 11.8. The number of phenolic OH excluding ortho intramolecular Hbond substituents is 1. The van der Waals surface area contributed by atoms with Crippen molar-refractivity contribution in [2.75, 3.05) is 0 Å². The van der Waals surface area contributed by atoms with Gasteiger partial charge in [0.15, 0.2) is 0 Å². The van der Waals surface area contributed by atoms with Crippen LogP contribution in [-0.4, -0.2) is 23.5 Å². The van der Waals surface area contributed by atoms with Crippen molar-refractivity contribution < 1.29 is 19.4 Å². The lowest BCUT2D eigenvalue weighted by Crippen LogP contribution is -2.36. The second-order valence-corrected chi connectivity index (χ2v) is 10.1. The first-order valence-corrected chi connectivity index (χ1v) is 12.3. The molecule has 4 nitrogen and oxygen atoms in total. The minimum Gasteiger partial charge on any atom is -0.508 e. The number of carbonyl (C=O) groups excluding carboxylic acids is 1. The van der Waals surface area contributed by atoms with Crippen molar-refractivity contribution in [1.82, 2.24) is 0 Å². The van der Waals surface area contributed by atoms with Crippen LogP contribution in [0.4, 0.5) is 0 Å². The highest BCUT2D eigenvalue weighted by Gasteiger charge is 2.33. The highest BCUT2D eigenvalue weighted by Crippen LogP contribution is 2.28. The van der Waals surface area contributed by atoms with E-state index in [0.717, 1.165) is 25.7 Å². The summed E-state index contributed by atoms with van der Waals surface area (Å²) in [5, 5.41) is 9.01. The minimum atomic E-state index is -0.474. The van der Waals surface area contributed by atoms with Crippen LogP contribution in [0.25, 0.3) is 0 Å². The Balaban J connectivity index is 0.000000294. The lowest BCUT2D eigenvalue weighted by Gasteiger charge is -2.29. The van der Waals surface area contributed by atoms with Gasteiger partial charge in [0.25, 0.3) is 0 Å². The summed E-state index contributed by atoms with van der Waals surface area (Å²) in [6.45, 7) is 14.2. The number of fused-ring (bicyclic) bond motifs is 1. The number of esters is 1. The van der Waals surface area contributed by atoms with Crippen LogP contribution < -0.4 is 0 Å². The fraction of sp³-hybridized carbons (Fsp3) is 0.552. The van der Waals surface area contributed by atoms with Crippen LogP contribution >= 0.6 is 0 Å². The van der Waals surface area contributed by atoms with E-state index >= 15 is 0 Å². The molecule has 182 valence electrons. The van der Waals surface area contributed by atoms with Gasteiger partial charge in [0.1, 0.15) is 5.75 Å². The Kier molecular flexibility index (Phi) is 9.97. The van der Waals surface area contributed by atoms with E-state index in [2.05, 4.69) is 38.1 Å². The SMILES string of the molecule is CCC(C)(C)C(=O)OC(OC1Cc2ccccc2C1)C(C)C.CCC(C)c1ccc(O)cc1. The van der Waals surface area contributed by atoms with E-state index in [9.17, 15) is 4.79 Å². The molecule has 0 saturated heterocycles. The molecule has 0 aromatic heterocycles. The third-order valence-corrected chi connectivity index (χ3v) is 6.62. The molecule has 0 saturated carbocycles. The Hall–Kier alpha value is -2.33. The van der Waals surface area contributed by atoms with Crippen molar-refractivity contribution in [3.63, 3.8) is 0 Å². The standard InChI is InChI=1S/C19H28O3.C10H14O/c1-6-19(4,5)18(20)22-17(13(2)3)21-16-11-14-9-7-8-10-15(14)12-16;1-3-8(2)9-4-6-10(11)7-5-9/h7-10,13,16-17H,6,11-12H2,1-5H3;4-8,11H,3H2,1-2H3. The van der Waals surface area contributed by atoms with E-state index in [1.807, 2.05) is 46.8 Å². The summed E-state index contributed by atoms with van der Waals surface area (Å²) in [7, 11) is 0. The number of carbonyl (C=O) groups is 1. The molecule has 0 bridgehead atoms. The molecule has 0 amide bonds. The Bertz CT molecular complexity index is 844. The molecule has 0 radical (unpaired) electrons. The Morgan fingerprint density at radius 3 is 2.00 bits per heavy atom. The molecule has 0 heterocycles. The van der Waals surface area contributed by atoms with Gasteiger partial charge < -0.3 is 14.6 Å². The van der Waals surface area contributed by atoms with Crippen molar-refractivity contribution in [3.8, 4) is 5.75 Å². The number of hydrogen-bond acceptors (Lipinski definition) is 4. The first kappa shape index (κ1) is 26.9. The first-order chi connectivity index (χ1) is 15.6. The number of phenols is 1. The molecular formula is C29H42O4. The van der Waals surface area contributed by atoms with Crippen LogP contribution in [0.15, 0.2) is 48.5 Å². The van der Waals surface area contributed by atoms with Gasteiger partial charge in [-0.1, -0.05) is 71.0 Å². The fourth-order valence-corrected chi connectivity index (χ4v) is 3.57. The van der Waals surface area contributed by atoms with Gasteiger partial charge >= 0.3 is 5.97 Å². The predicted octanol–water partition coefficient (Wildman–Crippen LogP) is 7.04. The van der Waals surface area contributed by atoms with Crippen molar-refractivity contribution in [2.45, 2.75) is 92.5 Å². The van der Waals surface area contributed by atoms with Gasteiger partial charge in [-0.15, -0.1) is 0 Å². The molecule has 0 spiro atoms. The molecule has 2 aromatic carbocycles. The molecule has 3 rings (SSSR count). The monoisotopic (exact) mass is 454 g/mol. The number of benzene rings is 2. The minimum absolute atomic E-state index is 0.0994. The maximum atomic E-state index is 12.3. The summed E-state index contributed by atoms with van der Waals surface area (Å²) >= 11 is 0. The summed E-state index contributed by atoms with van der Waals surface area (Å²) in [5.74, 6) is 0.900. The van der Waals surface area contributed by atoms with Crippen LogP contribution in [0.2, 0.25) is 0 Å². The molecular weight excluding hydrogens is 412 g/mol. The summed E-state index contributed by atoms with van der Waals surface area (Å²) in [6.07, 6.45) is 3.32. The Morgan fingerprint density at radius 1 is 1.00 bits per heavy atom. The molecule has 1 aliphatic carbocycles. The topological polar surface area (TPSA) is 55.8 Å². The molecule has 1 N–H and O–H groups in total. The second kappa shape index (κ2) is 12.2. The van der Waals surface area contributed by atoms with E-state index in [1.54, 1.807) is 12.1 Å². The van der Waals surface area contributed by atoms with Crippen LogP contribution in [0.1, 0.15) is 83.9 Å². The second-order valence-electron chi connectivity index (χ2n) is 10.1. The van der Waals surface area contributed by atoms with Gasteiger partial charge in [-0.2, -0.15) is 0 Å².